The van der Waals surface area contributed by atoms with Gasteiger partial charge in [-0.25, -0.2) is 4.98 Å². The van der Waals surface area contributed by atoms with Crippen molar-refractivity contribution in [1.82, 2.24) is 14.9 Å². The number of carbonyl (C=O) groups is 1. The molecule has 1 N–H and O–H groups in total. The molecule has 4 rings (SSSR count). The summed E-state index contributed by atoms with van der Waals surface area (Å²) in [7, 11) is 1.92. The Morgan fingerprint density at radius 2 is 1.56 bits per heavy atom. The Morgan fingerprint density at radius 3 is 2.22 bits per heavy atom. The van der Waals surface area contributed by atoms with Gasteiger partial charge in [-0.1, -0.05) is 92.7 Å². The molecule has 32 heavy (non-hydrogen) atoms. The van der Waals surface area contributed by atoms with E-state index < -0.39 is 0 Å². The zero-order valence-corrected chi connectivity index (χ0v) is 18.9. The molecule has 0 fully saturated rings. The molecule has 1 heterocycles. The summed E-state index contributed by atoms with van der Waals surface area (Å²) in [5, 5.41) is 3.24. The maximum Gasteiger partial charge on any atom is 0.270 e. The highest BCUT2D eigenvalue weighted by Crippen LogP contribution is 2.30. The van der Waals surface area contributed by atoms with Crippen LogP contribution in [0.5, 0.6) is 0 Å². The minimum Gasteiger partial charge on any atom is -0.344 e. The van der Waals surface area contributed by atoms with Crippen LogP contribution in [0, 0.1) is 0 Å². The summed E-state index contributed by atoms with van der Waals surface area (Å²) in [6, 6.07) is 28.3. The zero-order chi connectivity index (χ0) is 22.5. The number of nitrogens with zero attached hydrogens (tertiary/aromatic N) is 2. The molecule has 0 bridgehead atoms. The van der Waals surface area contributed by atoms with E-state index in [9.17, 15) is 4.79 Å². The van der Waals surface area contributed by atoms with E-state index in [-0.39, 0.29) is 11.9 Å². The fourth-order valence-corrected chi connectivity index (χ4v) is 4.08. The van der Waals surface area contributed by atoms with Crippen molar-refractivity contribution >= 4 is 5.91 Å². The molecule has 4 heteroatoms. The van der Waals surface area contributed by atoms with Gasteiger partial charge in [0.25, 0.3) is 5.91 Å². The van der Waals surface area contributed by atoms with Crippen molar-refractivity contribution in [3.8, 4) is 22.6 Å². The van der Waals surface area contributed by atoms with Crippen LogP contribution in [-0.2, 0) is 13.5 Å². The lowest BCUT2D eigenvalue weighted by Gasteiger charge is -2.18. The van der Waals surface area contributed by atoms with Crippen LogP contribution in [0.1, 0.15) is 47.9 Å². The van der Waals surface area contributed by atoms with E-state index in [2.05, 4.69) is 43.4 Å². The number of amides is 1. The Bertz CT molecular complexity index is 1200. The monoisotopic (exact) mass is 423 g/mol. The van der Waals surface area contributed by atoms with Crippen LogP contribution in [-0.4, -0.2) is 15.5 Å². The summed E-state index contributed by atoms with van der Waals surface area (Å²) in [6.45, 7) is 4.22. The highest BCUT2D eigenvalue weighted by Gasteiger charge is 2.25. The van der Waals surface area contributed by atoms with Crippen molar-refractivity contribution in [2.45, 2.75) is 32.7 Å². The fourth-order valence-electron chi connectivity index (χ4n) is 4.08. The van der Waals surface area contributed by atoms with E-state index in [1.807, 2.05) is 72.3 Å². The number of hydrogen-bond acceptors (Lipinski definition) is 2. The fraction of sp³-hybridized carbons (Fsp3) is 0.214. The number of nitrogens with one attached hydrogen (secondary N) is 1. The molecule has 1 atom stereocenters. The van der Waals surface area contributed by atoms with Crippen LogP contribution in [0.4, 0.5) is 0 Å². The lowest BCUT2D eigenvalue weighted by molar-refractivity contribution is 0.0928. The number of aromatic nitrogens is 2. The van der Waals surface area contributed by atoms with Crippen LogP contribution in [0.25, 0.3) is 22.6 Å². The summed E-state index contributed by atoms with van der Waals surface area (Å²) < 4.78 is 1.91. The highest BCUT2D eigenvalue weighted by molar-refractivity contribution is 5.99. The predicted molar refractivity (Wildman–Crippen MR) is 130 cm³/mol. The van der Waals surface area contributed by atoms with Crippen molar-refractivity contribution in [2.24, 2.45) is 7.05 Å². The second kappa shape index (κ2) is 9.65. The molecule has 4 aromatic rings. The molecule has 162 valence electrons. The molecule has 3 aromatic carbocycles. The first-order valence-electron chi connectivity index (χ1n) is 11.2. The summed E-state index contributed by atoms with van der Waals surface area (Å²) in [6.07, 6.45) is 1.74. The van der Waals surface area contributed by atoms with Gasteiger partial charge in [0, 0.05) is 18.2 Å². The van der Waals surface area contributed by atoms with Gasteiger partial charge >= 0.3 is 0 Å². The smallest absolute Gasteiger partial charge is 0.270 e. The standard InChI is InChI=1S/C28H29N3O/c1-4-20-13-12-18-23(19-20)25-26(31(3)27(30-25)22-16-10-7-11-17-22)28(32)29-24(5-2)21-14-8-6-9-15-21/h6-19,24H,4-5H2,1-3H3,(H,29,32). The van der Waals surface area contributed by atoms with Crippen LogP contribution in [0.2, 0.25) is 0 Å². The Morgan fingerprint density at radius 1 is 0.906 bits per heavy atom. The molecule has 0 radical (unpaired) electrons. The second-order valence-electron chi connectivity index (χ2n) is 7.96. The Labute approximate surface area is 190 Å². The molecule has 0 spiro atoms. The Hall–Kier alpha value is -3.66. The SMILES string of the molecule is CCc1cccc(-c2nc(-c3ccccc3)n(C)c2C(=O)NC(CC)c2ccccc2)c1. The first-order chi connectivity index (χ1) is 15.6. The zero-order valence-electron chi connectivity index (χ0n) is 18.9. The largest absolute Gasteiger partial charge is 0.344 e. The van der Waals surface area contributed by atoms with Gasteiger partial charge in [0.1, 0.15) is 17.2 Å². The third-order valence-electron chi connectivity index (χ3n) is 5.87. The molecule has 0 saturated carbocycles. The van der Waals surface area contributed by atoms with Gasteiger partial charge in [-0.15, -0.1) is 0 Å². The van der Waals surface area contributed by atoms with Crippen molar-refractivity contribution in [3.05, 3.63) is 102 Å². The average molecular weight is 424 g/mol. The van der Waals surface area contributed by atoms with Gasteiger partial charge in [-0.2, -0.15) is 0 Å². The lowest BCUT2D eigenvalue weighted by Crippen LogP contribution is -2.30. The summed E-state index contributed by atoms with van der Waals surface area (Å²) in [5.74, 6) is 0.662. The van der Waals surface area contributed by atoms with Crippen molar-refractivity contribution in [3.63, 3.8) is 0 Å². The Balaban J connectivity index is 1.80. The summed E-state index contributed by atoms with van der Waals surface area (Å²) in [5.41, 5.74) is 5.55. The van der Waals surface area contributed by atoms with Gasteiger partial charge in [0.2, 0.25) is 0 Å². The van der Waals surface area contributed by atoms with Gasteiger partial charge in [0.05, 0.1) is 6.04 Å². The van der Waals surface area contributed by atoms with E-state index in [0.717, 1.165) is 35.4 Å². The number of imidazole rings is 1. The number of aryl methyl sites for hydroxylation is 1. The molecule has 1 amide bonds. The first-order valence-corrected chi connectivity index (χ1v) is 11.2. The molecule has 0 aliphatic heterocycles. The molecule has 0 aliphatic carbocycles. The quantitative estimate of drug-likeness (QED) is 0.385. The third kappa shape index (κ3) is 4.35. The Kier molecular flexibility index (Phi) is 6.50. The lowest BCUT2D eigenvalue weighted by atomic mass is 10.0. The van der Waals surface area contributed by atoms with Gasteiger partial charge in [-0.05, 0) is 30.0 Å². The topological polar surface area (TPSA) is 46.9 Å². The van der Waals surface area contributed by atoms with Crippen molar-refractivity contribution < 1.29 is 4.79 Å². The van der Waals surface area contributed by atoms with Gasteiger partial charge in [-0.3, -0.25) is 4.79 Å². The van der Waals surface area contributed by atoms with E-state index in [4.69, 9.17) is 4.98 Å². The number of benzene rings is 3. The van der Waals surface area contributed by atoms with Crippen LogP contribution >= 0.6 is 0 Å². The van der Waals surface area contributed by atoms with Crippen molar-refractivity contribution in [2.75, 3.05) is 0 Å². The molecular formula is C28H29N3O. The van der Waals surface area contributed by atoms with E-state index in [1.165, 1.54) is 5.56 Å². The number of rotatable bonds is 7. The minimum absolute atomic E-state index is 0.0615. The maximum absolute atomic E-state index is 13.6. The molecule has 0 saturated heterocycles. The van der Waals surface area contributed by atoms with E-state index >= 15 is 0 Å². The molecular weight excluding hydrogens is 394 g/mol. The predicted octanol–water partition coefficient (Wildman–Crippen LogP) is 6.20. The minimum atomic E-state index is -0.116. The van der Waals surface area contributed by atoms with Crippen LogP contribution in [0.15, 0.2) is 84.9 Å². The highest BCUT2D eigenvalue weighted by atomic mass is 16.2. The summed E-state index contributed by atoms with van der Waals surface area (Å²) in [4.78, 5) is 18.6. The van der Waals surface area contributed by atoms with Crippen LogP contribution in [0.3, 0.4) is 0 Å². The number of hydrogen-bond donors (Lipinski definition) is 1. The molecule has 4 nitrogen and oxygen atoms in total. The van der Waals surface area contributed by atoms with Crippen molar-refractivity contribution in [1.29, 1.82) is 0 Å². The van der Waals surface area contributed by atoms with E-state index in [0.29, 0.717) is 11.4 Å². The molecule has 1 unspecified atom stereocenters. The third-order valence-corrected chi connectivity index (χ3v) is 5.87. The second-order valence-corrected chi connectivity index (χ2v) is 7.96. The molecule has 0 aliphatic rings. The van der Waals surface area contributed by atoms with Gasteiger partial charge in [0.15, 0.2) is 0 Å². The van der Waals surface area contributed by atoms with Crippen LogP contribution < -0.4 is 5.32 Å². The summed E-state index contributed by atoms with van der Waals surface area (Å²) >= 11 is 0. The van der Waals surface area contributed by atoms with E-state index in [1.54, 1.807) is 0 Å². The average Bonchev–Trinajstić information content (AvgIpc) is 3.20. The molecule has 1 aromatic heterocycles. The first kappa shape index (κ1) is 21.6. The number of carbonyl (C=O) groups excluding carboxylic acids is 1. The van der Waals surface area contributed by atoms with Gasteiger partial charge < -0.3 is 9.88 Å². The normalized spacial score (nSPS) is 11.8. The maximum atomic E-state index is 13.6.